The van der Waals surface area contributed by atoms with Crippen LogP contribution in [0, 0.1) is 6.92 Å². The molecule has 0 aliphatic rings. The lowest BCUT2D eigenvalue weighted by atomic mass is 10.2. The van der Waals surface area contributed by atoms with Gasteiger partial charge in [-0.3, -0.25) is 14.2 Å². The summed E-state index contributed by atoms with van der Waals surface area (Å²) in [4.78, 5) is 39.1. The second-order valence-corrected chi connectivity index (χ2v) is 7.88. The Morgan fingerprint density at radius 1 is 1.10 bits per heavy atom. The molecule has 31 heavy (non-hydrogen) atoms. The van der Waals surface area contributed by atoms with E-state index in [0.717, 1.165) is 10.1 Å². The lowest BCUT2D eigenvalue weighted by molar-refractivity contribution is -0.116. The first-order valence-electron chi connectivity index (χ1n) is 9.81. The number of hydrogen-bond acceptors (Lipinski definition) is 5. The Hall–Kier alpha value is -3.65. The third-order valence-corrected chi connectivity index (χ3v) is 5.67. The highest BCUT2D eigenvalue weighted by Crippen LogP contribution is 2.24. The van der Waals surface area contributed by atoms with Crippen LogP contribution in [-0.2, 0) is 11.3 Å². The highest BCUT2D eigenvalue weighted by Gasteiger charge is 2.18. The highest BCUT2D eigenvalue weighted by molar-refractivity contribution is 7.17. The van der Waals surface area contributed by atoms with Crippen LogP contribution in [0.15, 0.2) is 69.6 Å². The van der Waals surface area contributed by atoms with Gasteiger partial charge < -0.3 is 10.1 Å². The Balaban J connectivity index is 1.76. The molecule has 2 heterocycles. The molecule has 8 heteroatoms. The normalized spacial score (nSPS) is 10.9. The van der Waals surface area contributed by atoms with Crippen molar-refractivity contribution in [2.75, 3.05) is 11.9 Å². The minimum absolute atomic E-state index is 0.237. The van der Waals surface area contributed by atoms with Gasteiger partial charge in [0.1, 0.15) is 17.0 Å². The Kier molecular flexibility index (Phi) is 5.73. The van der Waals surface area contributed by atoms with Crippen molar-refractivity contribution in [3.63, 3.8) is 0 Å². The second kappa shape index (κ2) is 8.61. The number of carbonyl (C=O) groups is 1. The average molecular weight is 436 g/mol. The number of rotatable bonds is 6. The minimum atomic E-state index is -0.560. The predicted octanol–water partition coefficient (Wildman–Crippen LogP) is 3.56. The van der Waals surface area contributed by atoms with Crippen LogP contribution < -0.4 is 21.3 Å². The molecular weight excluding hydrogens is 414 g/mol. The molecule has 4 aromatic rings. The van der Waals surface area contributed by atoms with E-state index in [4.69, 9.17) is 4.74 Å². The molecule has 0 aliphatic carbocycles. The summed E-state index contributed by atoms with van der Waals surface area (Å²) in [6.07, 6.45) is 0. The molecule has 7 nitrogen and oxygen atoms in total. The molecule has 1 N–H and O–H groups in total. The SMILES string of the molecule is CCOc1ccccc1NC(=O)Cn1c(=O)n(-c2cccc(C)c2)c(=O)c2sccc21. The summed E-state index contributed by atoms with van der Waals surface area (Å²) in [5, 5.41) is 4.54. The van der Waals surface area contributed by atoms with Gasteiger partial charge in [0, 0.05) is 0 Å². The van der Waals surface area contributed by atoms with E-state index in [9.17, 15) is 14.4 Å². The van der Waals surface area contributed by atoms with Crippen LogP contribution >= 0.6 is 11.3 Å². The number of benzene rings is 2. The number of anilines is 1. The zero-order valence-corrected chi connectivity index (χ0v) is 17.9. The van der Waals surface area contributed by atoms with Crippen molar-refractivity contribution >= 4 is 33.1 Å². The second-order valence-electron chi connectivity index (χ2n) is 6.96. The zero-order valence-electron chi connectivity index (χ0n) is 17.1. The first-order chi connectivity index (χ1) is 15.0. The van der Waals surface area contributed by atoms with E-state index in [1.165, 1.54) is 15.9 Å². The number of nitrogens with one attached hydrogen (secondary N) is 1. The van der Waals surface area contributed by atoms with E-state index in [-0.39, 0.29) is 12.1 Å². The van der Waals surface area contributed by atoms with Crippen molar-refractivity contribution in [1.29, 1.82) is 0 Å². The molecule has 0 spiro atoms. The molecule has 0 radical (unpaired) electrons. The third kappa shape index (κ3) is 4.02. The standard InChI is InChI=1S/C23H21N3O4S/c1-3-30-19-10-5-4-9-17(19)24-20(27)14-25-18-11-12-31-21(18)22(28)26(23(25)29)16-8-6-7-15(2)13-16/h4-13H,3,14H2,1-2H3,(H,24,27). The van der Waals surface area contributed by atoms with Crippen LogP contribution in [-0.4, -0.2) is 21.6 Å². The fourth-order valence-electron chi connectivity index (χ4n) is 3.42. The minimum Gasteiger partial charge on any atom is -0.492 e. The van der Waals surface area contributed by atoms with Gasteiger partial charge in [-0.25, -0.2) is 9.36 Å². The fraction of sp³-hybridized carbons (Fsp3) is 0.174. The largest absolute Gasteiger partial charge is 0.492 e. The van der Waals surface area contributed by atoms with Crippen molar-refractivity contribution in [1.82, 2.24) is 9.13 Å². The molecule has 2 aromatic carbocycles. The number of aromatic nitrogens is 2. The summed E-state index contributed by atoms with van der Waals surface area (Å²) in [6, 6.07) is 15.9. The number of thiophene rings is 1. The van der Waals surface area contributed by atoms with E-state index in [0.29, 0.717) is 33.9 Å². The van der Waals surface area contributed by atoms with E-state index in [2.05, 4.69) is 5.32 Å². The summed E-state index contributed by atoms with van der Waals surface area (Å²) in [7, 11) is 0. The van der Waals surface area contributed by atoms with Gasteiger partial charge in [-0.1, -0.05) is 24.3 Å². The van der Waals surface area contributed by atoms with Crippen LogP contribution in [0.2, 0.25) is 0 Å². The van der Waals surface area contributed by atoms with Crippen LogP contribution in [0.3, 0.4) is 0 Å². The summed E-state index contributed by atoms with van der Waals surface area (Å²) in [5.74, 6) is 0.160. The number of fused-ring (bicyclic) bond motifs is 1. The first kappa shape index (κ1) is 20.6. The molecule has 158 valence electrons. The van der Waals surface area contributed by atoms with Crippen molar-refractivity contribution in [3.05, 3.63) is 86.4 Å². The molecule has 2 aromatic heterocycles. The summed E-state index contributed by atoms with van der Waals surface area (Å²) in [5.41, 5.74) is 1.41. The van der Waals surface area contributed by atoms with Crippen molar-refractivity contribution in [2.45, 2.75) is 20.4 Å². The smallest absolute Gasteiger partial charge is 0.336 e. The fourth-order valence-corrected chi connectivity index (χ4v) is 4.24. The molecule has 0 saturated carbocycles. The van der Waals surface area contributed by atoms with Gasteiger partial charge >= 0.3 is 5.69 Å². The highest BCUT2D eigenvalue weighted by atomic mass is 32.1. The van der Waals surface area contributed by atoms with Gasteiger partial charge in [0.25, 0.3) is 5.56 Å². The number of amides is 1. The number of nitrogens with zero attached hydrogens (tertiary/aromatic N) is 2. The topological polar surface area (TPSA) is 82.3 Å². The maximum absolute atomic E-state index is 13.3. The molecular formula is C23H21N3O4S. The van der Waals surface area contributed by atoms with Gasteiger partial charge in [0.05, 0.1) is 23.5 Å². The molecule has 0 saturated heterocycles. The van der Waals surface area contributed by atoms with Gasteiger partial charge in [-0.05, 0) is 55.1 Å². The Morgan fingerprint density at radius 3 is 2.68 bits per heavy atom. The van der Waals surface area contributed by atoms with Crippen LogP contribution in [0.1, 0.15) is 12.5 Å². The number of ether oxygens (including phenoxy) is 1. The van der Waals surface area contributed by atoms with E-state index in [1.807, 2.05) is 26.0 Å². The monoisotopic (exact) mass is 435 g/mol. The Labute approximate surface area is 182 Å². The number of hydrogen-bond donors (Lipinski definition) is 1. The van der Waals surface area contributed by atoms with E-state index < -0.39 is 11.6 Å². The molecule has 4 rings (SSSR count). The zero-order chi connectivity index (χ0) is 22.0. The molecule has 0 unspecified atom stereocenters. The van der Waals surface area contributed by atoms with Crippen molar-refractivity contribution < 1.29 is 9.53 Å². The maximum Gasteiger partial charge on any atom is 0.336 e. The Morgan fingerprint density at radius 2 is 1.90 bits per heavy atom. The number of aryl methyl sites for hydroxylation is 1. The maximum atomic E-state index is 13.3. The van der Waals surface area contributed by atoms with Crippen molar-refractivity contribution in [3.8, 4) is 11.4 Å². The van der Waals surface area contributed by atoms with Crippen LogP contribution in [0.25, 0.3) is 15.9 Å². The predicted molar refractivity (Wildman–Crippen MR) is 123 cm³/mol. The van der Waals surface area contributed by atoms with E-state index in [1.54, 1.807) is 47.8 Å². The van der Waals surface area contributed by atoms with Gasteiger partial charge in [0.2, 0.25) is 5.91 Å². The lowest BCUT2D eigenvalue weighted by Gasteiger charge is -2.14. The molecule has 1 amide bonds. The van der Waals surface area contributed by atoms with Crippen molar-refractivity contribution in [2.24, 2.45) is 0 Å². The first-order valence-corrected chi connectivity index (χ1v) is 10.7. The summed E-state index contributed by atoms with van der Waals surface area (Å²) >= 11 is 1.25. The van der Waals surface area contributed by atoms with Crippen LogP contribution in [0.4, 0.5) is 5.69 Å². The number of para-hydroxylation sites is 2. The number of carbonyl (C=O) groups excluding carboxylic acids is 1. The molecule has 0 aliphatic heterocycles. The van der Waals surface area contributed by atoms with Gasteiger partial charge in [-0.2, -0.15) is 0 Å². The Bertz CT molecular complexity index is 1380. The third-order valence-electron chi connectivity index (χ3n) is 4.78. The molecule has 0 bridgehead atoms. The van der Waals surface area contributed by atoms with Gasteiger partial charge in [0.15, 0.2) is 0 Å². The summed E-state index contributed by atoms with van der Waals surface area (Å²) < 4.78 is 8.41. The lowest BCUT2D eigenvalue weighted by Crippen LogP contribution is -2.40. The average Bonchev–Trinajstić information content (AvgIpc) is 3.23. The van der Waals surface area contributed by atoms with Gasteiger partial charge in [-0.15, -0.1) is 11.3 Å². The summed E-state index contributed by atoms with van der Waals surface area (Å²) in [6.45, 7) is 3.97. The molecule has 0 fully saturated rings. The van der Waals surface area contributed by atoms with E-state index >= 15 is 0 Å². The quantitative estimate of drug-likeness (QED) is 0.502. The van der Waals surface area contributed by atoms with Crippen LogP contribution in [0.5, 0.6) is 5.75 Å². The molecule has 0 atom stereocenters.